The second kappa shape index (κ2) is 5.82. The number of rotatable bonds is 2. The quantitative estimate of drug-likeness (QED) is 0.840. The Balaban J connectivity index is 1.93. The van der Waals surface area contributed by atoms with Gasteiger partial charge in [-0.15, -0.1) is 0 Å². The number of fused-ring (bicyclic) bond motifs is 1. The number of hydrogen-bond acceptors (Lipinski definition) is 4. The Labute approximate surface area is 145 Å². The molecule has 7 heteroatoms. The molecule has 0 unspecified atom stereocenters. The molecule has 1 aliphatic heterocycles. The molecule has 7 nitrogen and oxygen atoms in total. The van der Waals surface area contributed by atoms with Crippen molar-refractivity contribution in [1.29, 1.82) is 0 Å². The number of Topliss-reactive ketones (excluding diaryl/α,β-unsaturated/α-hetero) is 1. The lowest BCUT2D eigenvalue weighted by atomic mass is 9.75. The summed E-state index contributed by atoms with van der Waals surface area (Å²) >= 11 is 0. The average molecular weight is 346 g/mol. The van der Waals surface area contributed by atoms with Crippen LogP contribution in [0.1, 0.15) is 53.6 Å². The molecule has 2 heterocycles. The van der Waals surface area contributed by atoms with Crippen molar-refractivity contribution in [2.75, 3.05) is 13.1 Å². The van der Waals surface area contributed by atoms with Gasteiger partial charge in [-0.25, -0.2) is 0 Å². The van der Waals surface area contributed by atoms with Gasteiger partial charge in [0.15, 0.2) is 5.78 Å². The Kier molecular flexibility index (Phi) is 4.05. The number of likely N-dealkylation sites (tertiary alicyclic amines) is 1. The predicted octanol–water partition coefficient (Wildman–Crippen LogP) is 1.32. The molecule has 25 heavy (non-hydrogen) atoms. The Bertz CT molecular complexity index is 823. The first kappa shape index (κ1) is 17.4. The number of aromatic amines is 1. The van der Waals surface area contributed by atoms with Gasteiger partial charge in [0.05, 0.1) is 5.92 Å². The van der Waals surface area contributed by atoms with E-state index >= 15 is 0 Å². The Hall–Kier alpha value is -2.44. The molecule has 1 fully saturated rings. The number of carbonyl (C=O) groups is 3. The van der Waals surface area contributed by atoms with Crippen LogP contribution in [0.3, 0.4) is 0 Å². The van der Waals surface area contributed by atoms with E-state index in [2.05, 4.69) is 4.98 Å². The van der Waals surface area contributed by atoms with Crippen molar-refractivity contribution in [2.45, 2.75) is 33.6 Å². The SMILES string of the molecule is C[C@@H]1CN(C(=O)c2cc3c([nH]c2=O)CC(C)(C)CC3=O)C[C@H]1C(=O)O. The fourth-order valence-corrected chi connectivity index (χ4v) is 3.81. The Morgan fingerprint density at radius 2 is 1.92 bits per heavy atom. The van der Waals surface area contributed by atoms with E-state index in [0.29, 0.717) is 24.1 Å². The van der Waals surface area contributed by atoms with Crippen molar-refractivity contribution in [3.8, 4) is 0 Å². The molecule has 0 spiro atoms. The number of amides is 1. The summed E-state index contributed by atoms with van der Waals surface area (Å²) in [5, 5.41) is 9.20. The van der Waals surface area contributed by atoms with Crippen molar-refractivity contribution in [1.82, 2.24) is 9.88 Å². The first-order valence-corrected chi connectivity index (χ1v) is 8.40. The third kappa shape index (κ3) is 3.10. The summed E-state index contributed by atoms with van der Waals surface area (Å²) in [6.45, 7) is 6.06. The van der Waals surface area contributed by atoms with Gasteiger partial charge in [0, 0.05) is 30.8 Å². The Morgan fingerprint density at radius 1 is 1.24 bits per heavy atom. The minimum absolute atomic E-state index is 0.0762. The molecule has 1 aromatic rings. The second-order valence-corrected chi connectivity index (χ2v) is 7.98. The maximum absolute atomic E-state index is 12.7. The van der Waals surface area contributed by atoms with E-state index in [-0.39, 0.29) is 35.8 Å². The number of aliphatic carboxylic acids is 1. The third-order valence-corrected chi connectivity index (χ3v) is 5.16. The van der Waals surface area contributed by atoms with Gasteiger partial charge in [0.1, 0.15) is 5.56 Å². The van der Waals surface area contributed by atoms with E-state index in [0.717, 1.165) is 0 Å². The van der Waals surface area contributed by atoms with Crippen LogP contribution in [0.2, 0.25) is 0 Å². The molecule has 1 saturated heterocycles. The summed E-state index contributed by atoms with van der Waals surface area (Å²) < 4.78 is 0. The van der Waals surface area contributed by atoms with Crippen molar-refractivity contribution < 1.29 is 19.5 Å². The molecular weight excluding hydrogens is 324 g/mol. The maximum atomic E-state index is 12.7. The third-order valence-electron chi connectivity index (χ3n) is 5.16. The largest absolute Gasteiger partial charge is 0.481 e. The van der Waals surface area contributed by atoms with Gasteiger partial charge in [-0.05, 0) is 23.8 Å². The molecule has 2 aliphatic rings. The second-order valence-electron chi connectivity index (χ2n) is 7.98. The first-order valence-electron chi connectivity index (χ1n) is 8.40. The van der Waals surface area contributed by atoms with E-state index in [1.165, 1.54) is 11.0 Å². The monoisotopic (exact) mass is 346 g/mol. The van der Waals surface area contributed by atoms with Crippen LogP contribution in [0, 0.1) is 17.3 Å². The minimum Gasteiger partial charge on any atom is -0.481 e. The van der Waals surface area contributed by atoms with Gasteiger partial charge < -0.3 is 15.0 Å². The lowest BCUT2D eigenvalue weighted by Crippen LogP contribution is -2.36. The molecule has 2 N–H and O–H groups in total. The number of hydrogen-bond donors (Lipinski definition) is 2. The van der Waals surface area contributed by atoms with Crippen molar-refractivity contribution in [3.05, 3.63) is 33.2 Å². The molecule has 134 valence electrons. The van der Waals surface area contributed by atoms with Gasteiger partial charge in [0.2, 0.25) is 0 Å². The summed E-state index contributed by atoms with van der Waals surface area (Å²) in [4.78, 5) is 52.8. The number of carboxylic acid groups (broad SMARTS) is 1. The molecule has 0 bridgehead atoms. The smallest absolute Gasteiger partial charge is 0.308 e. The topological polar surface area (TPSA) is 108 Å². The lowest BCUT2D eigenvalue weighted by Gasteiger charge is -2.30. The summed E-state index contributed by atoms with van der Waals surface area (Å²) in [6.07, 6.45) is 0.932. The van der Waals surface area contributed by atoms with Crippen LogP contribution in [0.5, 0.6) is 0 Å². The molecule has 2 atom stereocenters. The zero-order valence-electron chi connectivity index (χ0n) is 14.6. The van der Waals surface area contributed by atoms with Crippen LogP contribution in [-0.4, -0.2) is 45.7 Å². The van der Waals surface area contributed by atoms with Crippen LogP contribution in [0.15, 0.2) is 10.9 Å². The summed E-state index contributed by atoms with van der Waals surface area (Å²) in [5.41, 5.74) is 0.119. The molecule has 3 rings (SSSR count). The number of nitrogens with one attached hydrogen (secondary N) is 1. The number of H-pyrrole nitrogens is 1. The van der Waals surface area contributed by atoms with Gasteiger partial charge in [-0.3, -0.25) is 19.2 Å². The molecule has 1 amide bonds. The van der Waals surface area contributed by atoms with Gasteiger partial charge in [-0.2, -0.15) is 0 Å². The lowest BCUT2D eigenvalue weighted by molar-refractivity contribution is -0.142. The summed E-state index contributed by atoms with van der Waals surface area (Å²) in [7, 11) is 0. The van der Waals surface area contributed by atoms with Crippen LogP contribution >= 0.6 is 0 Å². The minimum atomic E-state index is -0.945. The molecule has 0 aromatic carbocycles. The molecule has 1 aliphatic carbocycles. The zero-order chi connectivity index (χ0) is 18.5. The first-order chi connectivity index (χ1) is 11.6. The average Bonchev–Trinajstić information content (AvgIpc) is 2.87. The normalized spacial score (nSPS) is 24.9. The van der Waals surface area contributed by atoms with Crippen molar-refractivity contribution in [3.63, 3.8) is 0 Å². The molecule has 1 aromatic heterocycles. The highest BCUT2D eigenvalue weighted by Gasteiger charge is 2.39. The number of ketones is 1. The van der Waals surface area contributed by atoms with Gasteiger partial charge >= 0.3 is 5.97 Å². The predicted molar refractivity (Wildman–Crippen MR) is 89.7 cm³/mol. The maximum Gasteiger partial charge on any atom is 0.308 e. The molecule has 0 saturated carbocycles. The Morgan fingerprint density at radius 3 is 2.52 bits per heavy atom. The van der Waals surface area contributed by atoms with E-state index in [1.54, 1.807) is 6.92 Å². The van der Waals surface area contributed by atoms with Gasteiger partial charge in [0.25, 0.3) is 11.5 Å². The van der Waals surface area contributed by atoms with E-state index in [9.17, 15) is 24.3 Å². The van der Waals surface area contributed by atoms with E-state index in [4.69, 9.17) is 0 Å². The van der Waals surface area contributed by atoms with Crippen LogP contribution < -0.4 is 5.56 Å². The highest BCUT2D eigenvalue weighted by Crippen LogP contribution is 2.33. The summed E-state index contributed by atoms with van der Waals surface area (Å²) in [5.74, 6) is -2.37. The van der Waals surface area contributed by atoms with Crippen LogP contribution in [-0.2, 0) is 11.2 Å². The molecule has 0 radical (unpaired) electrons. The summed E-state index contributed by atoms with van der Waals surface area (Å²) in [6, 6.07) is 1.38. The highest BCUT2D eigenvalue weighted by molar-refractivity contribution is 6.02. The highest BCUT2D eigenvalue weighted by atomic mass is 16.4. The van der Waals surface area contributed by atoms with Gasteiger partial charge in [-0.1, -0.05) is 20.8 Å². The number of carbonyl (C=O) groups excluding carboxylic acids is 2. The van der Waals surface area contributed by atoms with E-state index in [1.807, 2.05) is 13.8 Å². The van der Waals surface area contributed by atoms with Crippen molar-refractivity contribution >= 4 is 17.7 Å². The van der Waals surface area contributed by atoms with Crippen LogP contribution in [0.4, 0.5) is 0 Å². The number of aromatic nitrogens is 1. The molecular formula is C18H22N2O5. The van der Waals surface area contributed by atoms with Crippen molar-refractivity contribution in [2.24, 2.45) is 17.3 Å². The zero-order valence-corrected chi connectivity index (χ0v) is 14.6. The standard InChI is InChI=1S/C18H22N2O5/c1-9-7-20(8-12(9)17(24)25)16(23)11-4-10-13(19-15(11)22)5-18(2,3)6-14(10)21/h4,9,12H,5-8H2,1-3H3,(H,19,22)(H,24,25)/t9-,12-/m1/s1. The number of carboxylic acids is 1. The van der Waals surface area contributed by atoms with E-state index < -0.39 is 23.4 Å². The number of pyridine rings is 1. The van der Waals surface area contributed by atoms with Crippen LogP contribution in [0.25, 0.3) is 0 Å². The fraction of sp³-hybridized carbons (Fsp3) is 0.556. The number of nitrogens with zero attached hydrogens (tertiary/aromatic N) is 1. The fourth-order valence-electron chi connectivity index (χ4n) is 3.81.